The van der Waals surface area contributed by atoms with Gasteiger partial charge in [-0.05, 0) is 0 Å². The number of rotatable bonds is 2. The van der Waals surface area contributed by atoms with Gasteiger partial charge in [-0.2, -0.15) is 4.99 Å². The average molecular weight is 252 g/mol. The second-order valence-electron chi connectivity index (χ2n) is 2.48. The van der Waals surface area contributed by atoms with Crippen molar-refractivity contribution in [2.75, 3.05) is 6.61 Å². The Hall–Kier alpha value is -1.10. The Balaban J connectivity index is 3.30. The minimum Gasteiger partial charge on any atom is -0.386 e. The van der Waals surface area contributed by atoms with E-state index in [4.69, 9.17) is 10.2 Å². The van der Waals surface area contributed by atoms with Gasteiger partial charge in [-0.25, -0.2) is 18.2 Å². The summed E-state index contributed by atoms with van der Waals surface area (Å²) in [6, 6.07) is 0. The number of sulfonamides is 1. The third-order valence-corrected chi connectivity index (χ3v) is 3.60. The van der Waals surface area contributed by atoms with Gasteiger partial charge in [-0.15, -0.1) is 5.10 Å². The lowest BCUT2D eigenvalue weighted by Crippen LogP contribution is -2.16. The molecule has 0 unspecified atom stereocenters. The maximum Gasteiger partial charge on any atom is 0.274 e. The maximum absolute atomic E-state index is 10.9. The van der Waals surface area contributed by atoms with Crippen LogP contribution in [0.4, 0.5) is 0 Å². The summed E-state index contributed by atoms with van der Waals surface area (Å²) in [6.45, 7) is -0.747. The number of hydrogen-bond donors (Lipinski definition) is 2. The highest BCUT2D eigenvalue weighted by atomic mass is 32.2. The standard InChI is InChI=1S/C5H8N4O4S2/c1-9-4(7-3(11)2-10)14-5(8-9)15(6,12)13/h10H,2H2,1H3,(H2,6,12,13)/b7-4-. The van der Waals surface area contributed by atoms with Crippen molar-refractivity contribution in [2.45, 2.75) is 4.34 Å². The Morgan fingerprint density at radius 3 is 2.73 bits per heavy atom. The molecule has 8 nitrogen and oxygen atoms in total. The Morgan fingerprint density at radius 1 is 1.73 bits per heavy atom. The van der Waals surface area contributed by atoms with E-state index in [-0.39, 0.29) is 9.14 Å². The predicted octanol–water partition coefficient (Wildman–Crippen LogP) is -2.45. The molecule has 0 radical (unpaired) electrons. The van der Waals surface area contributed by atoms with E-state index in [0.717, 1.165) is 4.68 Å². The van der Waals surface area contributed by atoms with Crippen molar-refractivity contribution in [3.05, 3.63) is 4.80 Å². The van der Waals surface area contributed by atoms with Gasteiger partial charge in [0.1, 0.15) is 6.61 Å². The SMILES string of the molecule is Cn1nc(S(N)(=O)=O)s/c1=N\C(=O)CO. The second-order valence-corrected chi connectivity index (χ2v) is 5.17. The number of carbonyl (C=O) groups is 1. The quantitative estimate of drug-likeness (QED) is 0.603. The van der Waals surface area contributed by atoms with Crippen LogP contribution in [0.25, 0.3) is 0 Å². The number of nitrogens with two attached hydrogens (primary N) is 1. The minimum absolute atomic E-state index is 0.0538. The summed E-state index contributed by atoms with van der Waals surface area (Å²) in [5.74, 6) is -0.782. The molecule has 15 heavy (non-hydrogen) atoms. The fourth-order valence-corrected chi connectivity index (χ4v) is 2.25. The van der Waals surface area contributed by atoms with Crippen molar-refractivity contribution in [1.82, 2.24) is 9.78 Å². The summed E-state index contributed by atoms with van der Waals surface area (Å²) in [6.07, 6.45) is 0. The number of carbonyl (C=O) groups excluding carboxylic acids is 1. The van der Waals surface area contributed by atoms with Crippen LogP contribution in [0.1, 0.15) is 0 Å². The number of aryl methyl sites for hydroxylation is 1. The maximum atomic E-state index is 10.9. The van der Waals surface area contributed by atoms with E-state index >= 15 is 0 Å². The molecule has 1 heterocycles. The lowest BCUT2D eigenvalue weighted by atomic mass is 10.7. The number of primary sulfonamides is 1. The Bertz CT molecular complexity index is 540. The number of aromatic nitrogens is 2. The molecule has 0 aromatic carbocycles. The van der Waals surface area contributed by atoms with Crippen LogP contribution in [0.5, 0.6) is 0 Å². The summed E-state index contributed by atoms with van der Waals surface area (Å²) in [7, 11) is -2.48. The van der Waals surface area contributed by atoms with Crippen molar-refractivity contribution in [3.63, 3.8) is 0 Å². The van der Waals surface area contributed by atoms with Crippen LogP contribution in [0, 0.1) is 0 Å². The number of amides is 1. The van der Waals surface area contributed by atoms with Gasteiger partial charge in [-0.3, -0.25) is 4.79 Å². The van der Waals surface area contributed by atoms with Crippen molar-refractivity contribution >= 4 is 27.3 Å². The molecule has 0 aliphatic rings. The molecule has 0 atom stereocenters. The number of hydrogen-bond acceptors (Lipinski definition) is 6. The summed E-state index contributed by atoms with van der Waals surface area (Å²) in [4.78, 5) is 14.2. The highest BCUT2D eigenvalue weighted by Crippen LogP contribution is 2.03. The molecule has 0 bridgehead atoms. The second kappa shape index (κ2) is 4.18. The van der Waals surface area contributed by atoms with Gasteiger partial charge in [0.25, 0.3) is 15.9 Å². The monoisotopic (exact) mass is 252 g/mol. The van der Waals surface area contributed by atoms with E-state index in [2.05, 4.69) is 10.1 Å². The van der Waals surface area contributed by atoms with Crippen LogP contribution in [-0.4, -0.2) is 35.8 Å². The molecule has 1 aromatic heterocycles. The van der Waals surface area contributed by atoms with Crippen LogP contribution in [0.2, 0.25) is 0 Å². The molecule has 0 spiro atoms. The summed E-state index contributed by atoms with van der Waals surface area (Å²) >= 11 is 0.650. The van der Waals surface area contributed by atoms with Crippen LogP contribution in [0.15, 0.2) is 9.33 Å². The van der Waals surface area contributed by atoms with Gasteiger partial charge < -0.3 is 5.11 Å². The molecule has 0 saturated carbocycles. The topological polar surface area (TPSA) is 128 Å². The normalized spacial score (nSPS) is 13.1. The fraction of sp³-hybridized carbons (Fsp3) is 0.400. The first-order valence-electron chi connectivity index (χ1n) is 3.60. The van der Waals surface area contributed by atoms with E-state index in [1.54, 1.807) is 0 Å². The van der Waals surface area contributed by atoms with Gasteiger partial charge in [0, 0.05) is 7.05 Å². The lowest BCUT2D eigenvalue weighted by molar-refractivity contribution is -0.120. The van der Waals surface area contributed by atoms with Crippen LogP contribution >= 0.6 is 11.3 Å². The third kappa shape index (κ3) is 2.92. The number of aliphatic hydroxyl groups is 1. The first-order valence-corrected chi connectivity index (χ1v) is 5.96. The smallest absolute Gasteiger partial charge is 0.274 e. The summed E-state index contributed by atoms with van der Waals surface area (Å²) in [5, 5.41) is 16.8. The molecule has 0 aliphatic heterocycles. The zero-order valence-corrected chi connectivity index (χ0v) is 9.25. The van der Waals surface area contributed by atoms with Crippen LogP contribution in [-0.2, 0) is 21.9 Å². The van der Waals surface area contributed by atoms with Crippen LogP contribution in [0.3, 0.4) is 0 Å². The molecule has 3 N–H and O–H groups in total. The highest BCUT2D eigenvalue weighted by Gasteiger charge is 2.14. The molecule has 1 amide bonds. The molecule has 10 heteroatoms. The molecular formula is C5H8N4O4S2. The zero-order valence-electron chi connectivity index (χ0n) is 7.61. The van der Waals surface area contributed by atoms with E-state index in [1.165, 1.54) is 7.05 Å². The Kier molecular flexibility index (Phi) is 3.34. The molecular weight excluding hydrogens is 244 g/mol. The Morgan fingerprint density at radius 2 is 2.33 bits per heavy atom. The van der Waals surface area contributed by atoms with Gasteiger partial charge in [-0.1, -0.05) is 11.3 Å². The largest absolute Gasteiger partial charge is 0.386 e. The van der Waals surface area contributed by atoms with E-state index < -0.39 is 22.5 Å². The van der Waals surface area contributed by atoms with Gasteiger partial charge in [0.15, 0.2) is 0 Å². The molecule has 0 saturated heterocycles. The predicted molar refractivity (Wildman–Crippen MR) is 50.1 cm³/mol. The van der Waals surface area contributed by atoms with Crippen LogP contribution < -0.4 is 9.94 Å². The van der Waals surface area contributed by atoms with Gasteiger partial charge >= 0.3 is 0 Å². The van der Waals surface area contributed by atoms with Gasteiger partial charge in [0.05, 0.1) is 0 Å². The van der Waals surface area contributed by atoms with Crippen molar-refractivity contribution in [1.29, 1.82) is 0 Å². The van der Waals surface area contributed by atoms with E-state index in [1.807, 2.05) is 0 Å². The van der Waals surface area contributed by atoms with Gasteiger partial charge in [0.2, 0.25) is 9.14 Å². The fourth-order valence-electron chi connectivity index (χ4n) is 0.682. The molecule has 0 aliphatic carbocycles. The van der Waals surface area contributed by atoms with Crippen molar-refractivity contribution in [3.8, 4) is 0 Å². The number of aliphatic hydroxyl groups excluding tert-OH is 1. The molecule has 1 rings (SSSR count). The van der Waals surface area contributed by atoms with E-state index in [0.29, 0.717) is 11.3 Å². The summed E-state index contributed by atoms with van der Waals surface area (Å²) < 4.78 is 22.5. The zero-order chi connectivity index (χ0) is 11.6. The van der Waals surface area contributed by atoms with Crippen molar-refractivity contribution < 1.29 is 18.3 Å². The lowest BCUT2D eigenvalue weighted by Gasteiger charge is -1.86. The average Bonchev–Trinajstić information content (AvgIpc) is 2.47. The molecule has 1 aromatic rings. The molecule has 84 valence electrons. The third-order valence-electron chi connectivity index (χ3n) is 1.29. The summed E-state index contributed by atoms with van der Waals surface area (Å²) in [5.41, 5.74) is 0. The minimum atomic E-state index is -3.89. The van der Waals surface area contributed by atoms with E-state index in [9.17, 15) is 13.2 Å². The first-order chi connectivity index (χ1) is 6.84. The number of nitrogens with zero attached hydrogens (tertiary/aromatic N) is 3. The highest BCUT2D eigenvalue weighted by molar-refractivity contribution is 7.91. The van der Waals surface area contributed by atoms with Crippen molar-refractivity contribution in [2.24, 2.45) is 17.2 Å². The first kappa shape index (κ1) is 12.0. The molecule has 0 fully saturated rings. The Labute approximate surface area is 88.7 Å².